The highest BCUT2D eigenvalue weighted by molar-refractivity contribution is 7.98. The fraction of sp³-hybridized carbons (Fsp3) is 0.143. The molecular weight excluding hydrogens is 190 g/mol. The maximum absolute atomic E-state index is 10.6. The van der Waals surface area contributed by atoms with Gasteiger partial charge >= 0.3 is 5.97 Å². The van der Waals surface area contributed by atoms with Gasteiger partial charge in [0.15, 0.2) is 0 Å². The van der Waals surface area contributed by atoms with Gasteiger partial charge in [0, 0.05) is 0 Å². The zero-order chi connectivity index (χ0) is 10.0. The highest BCUT2D eigenvalue weighted by Crippen LogP contribution is 2.27. The van der Waals surface area contributed by atoms with Crippen LogP contribution in [0.25, 0.3) is 0 Å². The van der Waals surface area contributed by atoms with Crippen molar-refractivity contribution < 1.29 is 9.90 Å². The van der Waals surface area contributed by atoms with Crippen LogP contribution in [0, 0.1) is 11.3 Å². The molecule has 0 fully saturated rings. The second-order valence-corrected chi connectivity index (χ2v) is 3.06. The van der Waals surface area contributed by atoms with Crippen LogP contribution in [0.1, 0.15) is 16.1 Å². The molecule has 0 aromatic carbocycles. The summed E-state index contributed by atoms with van der Waals surface area (Å²) in [6, 6.07) is 1.85. The number of hydrogen-bond donors (Lipinski definition) is 3. The molecule has 4 N–H and O–H groups in total. The molecule has 13 heavy (non-hydrogen) atoms. The molecule has 0 radical (unpaired) electrons. The summed E-state index contributed by atoms with van der Waals surface area (Å²) >= 11 is 1.25. The van der Waals surface area contributed by atoms with E-state index in [2.05, 4.69) is 4.98 Å². The second kappa shape index (κ2) is 3.41. The average Bonchev–Trinajstić information content (AvgIpc) is 2.41. The summed E-state index contributed by atoms with van der Waals surface area (Å²) in [7, 11) is 0. The lowest BCUT2D eigenvalue weighted by Crippen LogP contribution is -2.01. The molecule has 0 aliphatic carbocycles. The van der Waals surface area contributed by atoms with Crippen molar-refractivity contribution in [2.45, 2.75) is 5.03 Å². The van der Waals surface area contributed by atoms with E-state index < -0.39 is 5.97 Å². The monoisotopic (exact) mass is 197 g/mol. The lowest BCUT2D eigenvalue weighted by Gasteiger charge is -1.89. The van der Waals surface area contributed by atoms with Gasteiger partial charge in [0.05, 0.1) is 10.7 Å². The predicted molar refractivity (Wildman–Crippen MR) is 48.7 cm³/mol. The quantitative estimate of drug-likeness (QED) is 0.611. The van der Waals surface area contributed by atoms with Gasteiger partial charge in [0.1, 0.15) is 17.3 Å². The van der Waals surface area contributed by atoms with Gasteiger partial charge in [-0.3, -0.25) is 0 Å². The molecule has 0 bridgehead atoms. The van der Waals surface area contributed by atoms with E-state index in [9.17, 15) is 4.79 Å². The first-order valence-electron chi connectivity index (χ1n) is 3.30. The van der Waals surface area contributed by atoms with Crippen molar-refractivity contribution in [3.05, 3.63) is 11.3 Å². The average molecular weight is 197 g/mol. The number of nitrogens with zero attached hydrogens (tertiary/aromatic N) is 1. The zero-order valence-corrected chi connectivity index (χ0v) is 7.60. The first-order chi connectivity index (χ1) is 6.11. The molecule has 0 amide bonds. The molecule has 1 rings (SSSR count). The van der Waals surface area contributed by atoms with E-state index in [0.717, 1.165) is 0 Å². The summed E-state index contributed by atoms with van der Waals surface area (Å²) in [6.45, 7) is 0. The Morgan fingerprint density at radius 2 is 2.38 bits per heavy atom. The zero-order valence-electron chi connectivity index (χ0n) is 6.79. The number of nitrogen functional groups attached to an aromatic ring is 1. The Morgan fingerprint density at radius 3 is 2.69 bits per heavy atom. The maximum Gasteiger partial charge on any atom is 0.354 e. The number of H-pyrrole nitrogens is 1. The summed E-state index contributed by atoms with van der Waals surface area (Å²) in [6.07, 6.45) is 1.73. The molecule has 0 aliphatic heterocycles. The van der Waals surface area contributed by atoms with Crippen LogP contribution in [0.15, 0.2) is 5.03 Å². The van der Waals surface area contributed by atoms with Gasteiger partial charge in [0.2, 0.25) is 0 Å². The Bertz CT molecular complexity index is 391. The minimum absolute atomic E-state index is 0.000602. The molecular formula is C7H7N3O2S. The smallest absolute Gasteiger partial charge is 0.354 e. The Labute approximate surface area is 78.5 Å². The summed E-state index contributed by atoms with van der Waals surface area (Å²) in [5, 5.41) is 17.8. The normalized spacial score (nSPS) is 9.54. The number of hydrogen-bond acceptors (Lipinski definition) is 4. The Balaban J connectivity index is 3.37. The van der Waals surface area contributed by atoms with Crippen molar-refractivity contribution in [3.8, 4) is 6.07 Å². The third-order valence-corrected chi connectivity index (χ3v) is 2.25. The molecule has 1 aromatic heterocycles. The molecule has 0 atom stereocenters. The number of carboxylic acid groups (broad SMARTS) is 1. The van der Waals surface area contributed by atoms with Crippen molar-refractivity contribution in [1.82, 2.24) is 4.98 Å². The topological polar surface area (TPSA) is 103 Å². The summed E-state index contributed by atoms with van der Waals surface area (Å²) < 4.78 is 0. The summed E-state index contributed by atoms with van der Waals surface area (Å²) in [5.41, 5.74) is 5.52. The van der Waals surface area contributed by atoms with E-state index in [-0.39, 0.29) is 16.9 Å². The number of nitrogens with two attached hydrogens (primary N) is 1. The SMILES string of the molecule is CSc1[nH]c(C(=O)O)c(N)c1C#N. The van der Waals surface area contributed by atoms with Crippen LogP contribution in [-0.2, 0) is 0 Å². The van der Waals surface area contributed by atoms with Gasteiger partial charge in [-0.2, -0.15) is 5.26 Å². The molecule has 6 heteroatoms. The number of thioether (sulfide) groups is 1. The van der Waals surface area contributed by atoms with Gasteiger partial charge in [-0.1, -0.05) is 0 Å². The number of nitriles is 1. The van der Waals surface area contributed by atoms with Crippen LogP contribution in [0.5, 0.6) is 0 Å². The number of anilines is 1. The fourth-order valence-corrected chi connectivity index (χ4v) is 1.49. The minimum Gasteiger partial charge on any atom is -0.477 e. The fourth-order valence-electron chi connectivity index (χ4n) is 0.923. The molecule has 1 aromatic rings. The molecule has 0 saturated heterocycles. The number of carboxylic acids is 1. The van der Waals surface area contributed by atoms with Gasteiger partial charge in [-0.25, -0.2) is 4.79 Å². The van der Waals surface area contributed by atoms with Crippen LogP contribution in [0.2, 0.25) is 0 Å². The third kappa shape index (κ3) is 1.46. The van der Waals surface area contributed by atoms with E-state index in [1.165, 1.54) is 11.8 Å². The van der Waals surface area contributed by atoms with E-state index in [0.29, 0.717) is 5.03 Å². The molecule has 1 heterocycles. The van der Waals surface area contributed by atoms with E-state index in [4.69, 9.17) is 16.1 Å². The minimum atomic E-state index is -1.16. The van der Waals surface area contributed by atoms with Gasteiger partial charge in [-0.15, -0.1) is 11.8 Å². The molecule has 0 saturated carbocycles. The van der Waals surface area contributed by atoms with E-state index in [1.54, 1.807) is 6.26 Å². The Hall–Kier alpha value is -1.61. The maximum atomic E-state index is 10.6. The first-order valence-corrected chi connectivity index (χ1v) is 4.53. The summed E-state index contributed by atoms with van der Waals surface area (Å²) in [5.74, 6) is -1.16. The van der Waals surface area contributed by atoms with E-state index in [1.807, 2.05) is 6.07 Å². The number of aromatic amines is 1. The highest BCUT2D eigenvalue weighted by Gasteiger charge is 2.18. The van der Waals surface area contributed by atoms with Crippen LogP contribution < -0.4 is 5.73 Å². The lowest BCUT2D eigenvalue weighted by molar-refractivity contribution is 0.0692. The number of carbonyl (C=O) groups is 1. The van der Waals surface area contributed by atoms with Gasteiger partial charge in [0.25, 0.3) is 0 Å². The number of rotatable bonds is 2. The van der Waals surface area contributed by atoms with Crippen molar-refractivity contribution in [2.24, 2.45) is 0 Å². The second-order valence-electron chi connectivity index (χ2n) is 2.24. The van der Waals surface area contributed by atoms with Gasteiger partial charge in [-0.05, 0) is 6.26 Å². The highest BCUT2D eigenvalue weighted by atomic mass is 32.2. The molecule has 0 unspecified atom stereocenters. The Morgan fingerprint density at radius 1 is 1.77 bits per heavy atom. The largest absolute Gasteiger partial charge is 0.477 e. The Kier molecular flexibility index (Phi) is 2.49. The predicted octanol–water partition coefficient (Wildman–Crippen LogP) is 0.889. The van der Waals surface area contributed by atoms with Crippen LogP contribution in [0.3, 0.4) is 0 Å². The number of aromatic nitrogens is 1. The number of aromatic carboxylic acids is 1. The lowest BCUT2D eigenvalue weighted by atomic mass is 10.3. The summed E-state index contributed by atoms with van der Waals surface area (Å²) in [4.78, 5) is 13.2. The van der Waals surface area contributed by atoms with Crippen LogP contribution in [0.4, 0.5) is 5.69 Å². The van der Waals surface area contributed by atoms with Crippen molar-refractivity contribution >= 4 is 23.4 Å². The molecule has 0 aliphatic rings. The van der Waals surface area contributed by atoms with Gasteiger partial charge < -0.3 is 15.8 Å². The molecule has 0 spiro atoms. The number of nitrogens with one attached hydrogen (secondary N) is 1. The third-order valence-electron chi connectivity index (χ3n) is 1.53. The van der Waals surface area contributed by atoms with Crippen molar-refractivity contribution in [1.29, 1.82) is 5.26 Å². The molecule has 5 nitrogen and oxygen atoms in total. The van der Waals surface area contributed by atoms with Crippen LogP contribution >= 0.6 is 11.8 Å². The standard InChI is InChI=1S/C7H7N3O2S/c1-13-6-3(2-8)4(9)5(10-6)7(11)12/h10H,9H2,1H3,(H,11,12). The van der Waals surface area contributed by atoms with Crippen LogP contribution in [-0.4, -0.2) is 22.3 Å². The molecule has 68 valence electrons. The van der Waals surface area contributed by atoms with E-state index >= 15 is 0 Å². The van der Waals surface area contributed by atoms with Crippen molar-refractivity contribution in [3.63, 3.8) is 0 Å². The van der Waals surface area contributed by atoms with Crippen molar-refractivity contribution in [2.75, 3.05) is 12.0 Å². The first kappa shape index (κ1) is 9.48.